The fourth-order valence-electron chi connectivity index (χ4n) is 11.7. The number of carbonyl (C=O) groups excluding carboxylic acids is 5. The molecule has 19 N–H and O–H groups in total. The van der Waals surface area contributed by atoms with Crippen molar-refractivity contribution in [1.82, 2.24) is 30.0 Å². The molecule has 32 nitrogen and oxygen atoms in total. The molecule has 145 heavy (non-hydrogen) atoms. The normalized spacial score (nSPS) is 11.5. The maximum Gasteiger partial charge on any atom is -0.0860 e. The van der Waals surface area contributed by atoms with Crippen molar-refractivity contribution in [2.45, 2.75) is 18.8 Å². The van der Waals surface area contributed by atoms with Gasteiger partial charge in [-0.25, -0.2) is 30.3 Å². The zero-order chi connectivity index (χ0) is 102. The fraction of sp³-hybridized carbons (Fsp3) is 0.0816. The number of nitrogens with one attached hydrogen (secondary N) is 4. The van der Waals surface area contributed by atoms with Gasteiger partial charge in [0, 0.05) is 137 Å². The molecule has 7 heterocycles. The largest absolute Gasteiger partial charge is 0.670 e. The van der Waals surface area contributed by atoms with Gasteiger partial charge < -0.3 is 100 Å². The van der Waals surface area contributed by atoms with Gasteiger partial charge in [-0.15, -0.1) is 48.0 Å². The average molecular weight is 2280 g/mol. The number of hydrogen-bond acceptors (Lipinski definition) is 26. The molecule has 0 saturated carbocycles. The Bertz CT molecular complexity index is 6680. The van der Waals surface area contributed by atoms with E-state index in [0.29, 0.717) is 150 Å². The monoisotopic (exact) mass is 2270 g/mol. The first-order chi connectivity index (χ1) is 66.9. The number of aromatic carboxylic acids is 1. The third kappa shape index (κ3) is 44.1. The summed E-state index contributed by atoms with van der Waals surface area (Å²) in [7, 11) is 4.43. The Morgan fingerprint density at radius 2 is 1.01 bits per heavy atom. The van der Waals surface area contributed by atoms with Crippen molar-refractivity contribution in [1.29, 1.82) is 0 Å². The zero-order valence-corrected chi connectivity index (χ0v) is 90.5. The van der Waals surface area contributed by atoms with Gasteiger partial charge in [-0.1, -0.05) is 172 Å². The van der Waals surface area contributed by atoms with Crippen molar-refractivity contribution in [3.63, 3.8) is 0 Å². The number of allylic oxidation sites excluding steroid dienone is 2. The van der Waals surface area contributed by atoms with Crippen molar-refractivity contribution < 1.29 is 138 Å². The number of methoxy groups -OCH3 is 3. The first-order valence-corrected chi connectivity index (χ1v) is 44.8. The van der Waals surface area contributed by atoms with Crippen LogP contribution >= 0.6 is 129 Å². The molecular weight excluding hydrogens is 2190 g/mol. The number of nitrogen functional groups attached to an aromatic ring is 4. The minimum Gasteiger partial charge on any atom is -0.670 e. The number of aliphatic imine (C=N–C) groups is 1. The van der Waals surface area contributed by atoms with Gasteiger partial charge in [0.05, 0.1) is 75.2 Å². The van der Waals surface area contributed by atoms with E-state index in [9.17, 15) is 38.8 Å². The van der Waals surface area contributed by atoms with E-state index in [2.05, 4.69) is 51.0 Å². The van der Waals surface area contributed by atoms with E-state index in [0.717, 1.165) is 22.4 Å². The fourth-order valence-corrected chi connectivity index (χ4v) is 13.4. The van der Waals surface area contributed by atoms with E-state index in [1.807, 2.05) is 84.9 Å². The molecule has 5 aromatic heterocycles. The number of halogens is 12. The molecule has 17 rings (SSSR count). The van der Waals surface area contributed by atoms with Gasteiger partial charge in [-0.05, 0) is 212 Å². The molecule has 2 aliphatic heterocycles. The second-order valence-electron chi connectivity index (χ2n) is 27.4. The standard InChI is InChI=1S/C18H13ClN2O2.C14H12Cl2N2O.C14H8ClNO2.C11H10ClN3O.C11H9ClN2O.C8H9NO2.C7H6ClNO2.C7H5ClO.C4H9ClO2.C4H4N.3ClH.Mg.Mn.H3NO.Na.H2O.2O/c19-13-8-9-15(21-18(23)12-5-2-1-3-6-12)14(11-13)17(22)16-7-4-10-20-16;15-8-11-6-9-3-4-10(16)7-12(9)14(18(11)19)13-2-1-5-17-13;15-10-6-7-12-11(8-10)14(17)18-13(16-12)9-4-2-1-3-5-9;12-7-3-4-9(13)8(6-7)11(15-16)10-2-1-5-14-10;12-7-3-4-9(13)8(6-7)11(15)10-2-1-5-14-10;1-11-8(10)6-4-2-3-5-7(6)9;8-4-1-2-6(9)5(3-4)7(10)11;8-7(9)6-4-2-1-3-5-6;1-6-4(3-5)7-2;1-2-4-5-3-1;;;;;;1-2;;;;/h1-11,20H,(H,21,23);1-5,7,11,19H,6,8H2;1-8H;1-6,14,16H,13H2;1-6,14H,13H2;2-5H,9H2,1H3;1-3H,9H2,(H,10,11);1-5H;4H,3H2,1-2H3;1-4H;3*1H;;;2H,1H2;;1H2;;/q;;;;;;;;;-1;;;;+2;;;+1;;;/p-2/b;;;15-11+;;;;;;;;;;;;;;;;. The number of aromatic nitrogens is 5. The first-order valence-electron chi connectivity index (χ1n) is 40.1. The van der Waals surface area contributed by atoms with Gasteiger partial charge in [0.2, 0.25) is 17.5 Å². The molecule has 0 radical (unpaired) electrons. The molecule has 755 valence electrons. The van der Waals surface area contributed by atoms with E-state index in [4.69, 9.17) is 164 Å². The average Bonchev–Trinajstić information content (AvgIpc) is 1.72. The van der Waals surface area contributed by atoms with Crippen LogP contribution in [0.1, 0.15) is 95.9 Å². The van der Waals surface area contributed by atoms with Crippen LogP contribution in [-0.4, -0.2) is 166 Å². The number of nitrogens with zero attached hydrogens (tertiary/aromatic N) is 5. The third-order valence-corrected chi connectivity index (χ3v) is 20.6. The predicted octanol–water partition coefficient (Wildman–Crippen LogP) is 15.7. The number of benzene rings is 10. The summed E-state index contributed by atoms with van der Waals surface area (Å²) in [4.78, 5) is 101. The predicted molar refractivity (Wildman–Crippen MR) is 562 cm³/mol. The molecule has 0 spiro atoms. The van der Waals surface area contributed by atoms with Crippen LogP contribution in [0.2, 0.25) is 30.1 Å². The van der Waals surface area contributed by atoms with Crippen molar-refractivity contribution in [2.24, 2.45) is 16.0 Å². The van der Waals surface area contributed by atoms with Crippen molar-refractivity contribution in [3.8, 4) is 11.5 Å². The number of para-hydroxylation sites is 1. The van der Waals surface area contributed by atoms with Gasteiger partial charge in [0.25, 0.3) is 11.1 Å². The van der Waals surface area contributed by atoms with Crippen LogP contribution in [-0.2, 0) is 43.1 Å². The Labute approximate surface area is 939 Å². The molecule has 0 saturated heterocycles. The number of fused-ring (bicyclic) bond motifs is 2. The number of rotatable bonds is 16. The molecule has 1 atom stereocenters. The summed E-state index contributed by atoms with van der Waals surface area (Å²) in [6, 6.07) is 77.4. The Kier molecular flexibility index (Phi) is 67.1. The number of hydroxylamine groups is 2. The molecule has 0 fully saturated rings. The number of oxime groups is 1. The summed E-state index contributed by atoms with van der Waals surface area (Å²) >= 11 is 50.1. The number of carboxylic acids is 1. The molecule has 47 heteroatoms. The topological polar surface area (TPSA) is 550 Å². The Hall–Kier alpha value is -11.4. The Balaban J connectivity index is 0.00000160. The van der Waals surface area contributed by atoms with Crippen LogP contribution in [0, 0.1) is 0 Å². The number of amides is 1. The van der Waals surface area contributed by atoms with Gasteiger partial charge in [-0.2, -0.15) is 12.4 Å². The third-order valence-electron chi connectivity index (χ3n) is 18.3. The maximum atomic E-state index is 12.6. The smallest absolute Gasteiger partial charge is 0.0860 e. The Morgan fingerprint density at radius 3 is 1.46 bits per heavy atom. The molecule has 15 aromatic rings. The van der Waals surface area contributed by atoms with Crippen LogP contribution in [0.15, 0.2) is 341 Å². The molecule has 1 unspecified atom stereocenters. The number of alkyl halides is 2. The van der Waals surface area contributed by atoms with Gasteiger partial charge in [-0.3, -0.25) is 29.4 Å². The molecule has 0 bridgehead atoms. The van der Waals surface area contributed by atoms with E-state index in [1.54, 1.807) is 239 Å². The number of esters is 1. The number of H-pyrrole nitrogens is 3. The summed E-state index contributed by atoms with van der Waals surface area (Å²) in [6.45, 7) is 0. The quantitative estimate of drug-likeness (QED) is 0.00408. The summed E-state index contributed by atoms with van der Waals surface area (Å²) < 4.78 is 35.9. The SMILES string of the molecule is COC(=O)c1ccccc1N.COC(CCl)OC.Cl.Cl.NO.Nc1ccc(Cl)cc1/C(=N\O)c1ccc[nH]1.Nc1ccc(Cl)cc1C(=O)O.Nc1ccc(Cl)cc1C(=O)c1ccc[nH]1.O=C(Cl)c1ccccc1.O=C(Nc1ccc(Cl)cc1C(=O)c1ccc[nH]1)c1ccccc1.O=c1oc(-c2ccccc2)nc2ccc(Cl)cc12.ON1C(=C2C=CC=N2)c2cc(Cl)ccc2CC1CCl.[Cl-].[Mg+2].[Na+].[OH-].[O]=[Mn]=[O].c1cc[n-]c1. The van der Waals surface area contributed by atoms with E-state index < -0.39 is 37.6 Å². The number of aromatic amines is 3. The number of carbonyl (C=O) groups is 6. The summed E-state index contributed by atoms with van der Waals surface area (Å²) in [5, 5.41) is 44.6. The van der Waals surface area contributed by atoms with Crippen LogP contribution in [0.4, 0.5) is 28.4 Å². The minimum atomic E-state index is -1.44. The molecule has 0 aliphatic carbocycles. The second-order valence-corrected chi connectivity index (χ2v) is 31.2. The minimum absolute atomic E-state index is 0. The number of anilines is 5. The van der Waals surface area contributed by atoms with Crippen LogP contribution in [0.3, 0.4) is 0 Å². The summed E-state index contributed by atoms with van der Waals surface area (Å²) in [5.74, 6) is 2.41. The van der Waals surface area contributed by atoms with E-state index in [1.165, 1.54) is 24.3 Å². The van der Waals surface area contributed by atoms with Gasteiger partial charge >= 0.3 is 92.7 Å². The zero-order valence-electron chi connectivity index (χ0n) is 76.7. The molecule has 1 amide bonds. The molecule has 2 aliphatic rings. The summed E-state index contributed by atoms with van der Waals surface area (Å²) in [6.07, 6.45) is 14.4. The van der Waals surface area contributed by atoms with Crippen LogP contribution in [0.5, 0.6) is 0 Å². The van der Waals surface area contributed by atoms with E-state index in [-0.39, 0.29) is 136 Å². The first kappa shape index (κ1) is 134. The number of ketones is 2. The van der Waals surface area contributed by atoms with Crippen molar-refractivity contribution in [2.75, 3.05) is 61.3 Å². The number of ether oxygens (including phenoxy) is 3. The van der Waals surface area contributed by atoms with Crippen molar-refractivity contribution in [3.05, 3.63) is 430 Å². The number of hydrogen-bond donors (Lipinski definition) is 13. The summed E-state index contributed by atoms with van der Waals surface area (Å²) in [5.41, 5.74) is 33.6. The van der Waals surface area contributed by atoms with Crippen LogP contribution in [0.25, 0.3) is 28.1 Å². The van der Waals surface area contributed by atoms with E-state index >= 15 is 0 Å². The van der Waals surface area contributed by atoms with Crippen LogP contribution < -0.4 is 86.7 Å². The second kappa shape index (κ2) is 72.8. The maximum absolute atomic E-state index is 12.6. The van der Waals surface area contributed by atoms with Gasteiger partial charge in [0.1, 0.15) is 5.71 Å². The van der Waals surface area contributed by atoms with Gasteiger partial charge in [0.15, 0.2) is 6.29 Å². The Morgan fingerprint density at radius 1 is 0.572 bits per heavy atom. The van der Waals surface area contributed by atoms with Crippen molar-refractivity contribution >= 4 is 244 Å². The number of nitrogens with two attached hydrogens (primary N) is 5. The molecule has 10 aromatic carbocycles. The number of carboxylic acid groups (broad SMARTS) is 1. The molecular formula is C98H91Cl12MgMnN14NaO18.